The van der Waals surface area contributed by atoms with Crippen molar-refractivity contribution in [1.82, 2.24) is 10.2 Å². The standard InChI is InChI=1S/C16H22BrN3O3/c17-13-3-5-14(6-4-13)23-11-15(21)20-9-1-2-12(10-20)16(22)19-8-7-18/h3-6,12H,1-2,7-11,18H2,(H,19,22). The highest BCUT2D eigenvalue weighted by atomic mass is 79.9. The number of nitrogens with zero attached hydrogens (tertiary/aromatic N) is 1. The quantitative estimate of drug-likeness (QED) is 0.771. The molecule has 2 rings (SSSR count). The van der Waals surface area contributed by atoms with Crippen molar-refractivity contribution in [2.24, 2.45) is 11.7 Å². The number of hydrogen-bond acceptors (Lipinski definition) is 4. The van der Waals surface area contributed by atoms with Gasteiger partial charge in [0.25, 0.3) is 5.91 Å². The summed E-state index contributed by atoms with van der Waals surface area (Å²) >= 11 is 3.35. The smallest absolute Gasteiger partial charge is 0.260 e. The number of likely N-dealkylation sites (tertiary alicyclic amines) is 1. The molecule has 1 saturated heterocycles. The van der Waals surface area contributed by atoms with Crippen LogP contribution >= 0.6 is 15.9 Å². The van der Waals surface area contributed by atoms with E-state index in [1.807, 2.05) is 12.1 Å². The lowest BCUT2D eigenvalue weighted by Crippen LogP contribution is -2.47. The van der Waals surface area contributed by atoms with Crippen LogP contribution in [0.25, 0.3) is 0 Å². The monoisotopic (exact) mass is 383 g/mol. The average molecular weight is 384 g/mol. The molecule has 23 heavy (non-hydrogen) atoms. The zero-order chi connectivity index (χ0) is 16.7. The Morgan fingerprint density at radius 2 is 2.09 bits per heavy atom. The summed E-state index contributed by atoms with van der Waals surface area (Å²) in [5, 5.41) is 2.79. The van der Waals surface area contributed by atoms with E-state index in [0.29, 0.717) is 31.9 Å². The predicted octanol–water partition coefficient (Wildman–Crippen LogP) is 1.14. The van der Waals surface area contributed by atoms with Crippen molar-refractivity contribution < 1.29 is 14.3 Å². The van der Waals surface area contributed by atoms with Gasteiger partial charge in [-0.2, -0.15) is 0 Å². The van der Waals surface area contributed by atoms with Gasteiger partial charge in [0.2, 0.25) is 5.91 Å². The van der Waals surface area contributed by atoms with E-state index < -0.39 is 0 Å². The molecular formula is C16H22BrN3O3. The first-order valence-corrected chi connectivity index (χ1v) is 8.53. The Kier molecular flexibility index (Phi) is 6.85. The molecule has 0 aromatic heterocycles. The van der Waals surface area contributed by atoms with Gasteiger partial charge in [-0.15, -0.1) is 0 Å². The van der Waals surface area contributed by atoms with E-state index in [2.05, 4.69) is 21.2 Å². The minimum Gasteiger partial charge on any atom is -0.484 e. The summed E-state index contributed by atoms with van der Waals surface area (Å²) < 4.78 is 6.46. The van der Waals surface area contributed by atoms with Crippen molar-refractivity contribution in [3.05, 3.63) is 28.7 Å². The van der Waals surface area contributed by atoms with Crippen molar-refractivity contribution in [3.8, 4) is 5.75 Å². The lowest BCUT2D eigenvalue weighted by atomic mass is 9.97. The van der Waals surface area contributed by atoms with Gasteiger partial charge in [-0.1, -0.05) is 15.9 Å². The second-order valence-corrected chi connectivity index (χ2v) is 6.42. The summed E-state index contributed by atoms with van der Waals surface area (Å²) in [6.45, 7) is 1.99. The van der Waals surface area contributed by atoms with Crippen molar-refractivity contribution in [1.29, 1.82) is 0 Å². The van der Waals surface area contributed by atoms with Crippen LogP contribution in [0.2, 0.25) is 0 Å². The maximum atomic E-state index is 12.3. The maximum absolute atomic E-state index is 12.3. The fourth-order valence-corrected chi connectivity index (χ4v) is 2.79. The normalized spacial score (nSPS) is 17.7. The third kappa shape index (κ3) is 5.51. The van der Waals surface area contributed by atoms with Crippen LogP contribution in [0.5, 0.6) is 5.75 Å². The van der Waals surface area contributed by atoms with Gasteiger partial charge in [-0.05, 0) is 37.1 Å². The first kappa shape index (κ1) is 17.7. The van der Waals surface area contributed by atoms with Crippen LogP contribution in [0.3, 0.4) is 0 Å². The molecule has 1 aromatic rings. The molecule has 3 N–H and O–H groups in total. The molecular weight excluding hydrogens is 362 g/mol. The highest BCUT2D eigenvalue weighted by Crippen LogP contribution is 2.18. The van der Waals surface area contributed by atoms with E-state index in [1.54, 1.807) is 17.0 Å². The Morgan fingerprint density at radius 1 is 1.35 bits per heavy atom. The van der Waals surface area contributed by atoms with Crippen LogP contribution in [0, 0.1) is 5.92 Å². The van der Waals surface area contributed by atoms with Gasteiger partial charge >= 0.3 is 0 Å². The number of nitrogens with one attached hydrogen (secondary N) is 1. The topological polar surface area (TPSA) is 84.7 Å². The molecule has 0 bridgehead atoms. The van der Waals surface area contributed by atoms with Gasteiger partial charge in [-0.3, -0.25) is 9.59 Å². The fraction of sp³-hybridized carbons (Fsp3) is 0.500. The zero-order valence-corrected chi connectivity index (χ0v) is 14.5. The Hall–Kier alpha value is -1.60. The largest absolute Gasteiger partial charge is 0.484 e. The molecule has 0 saturated carbocycles. The van der Waals surface area contributed by atoms with Crippen LogP contribution in [0.1, 0.15) is 12.8 Å². The van der Waals surface area contributed by atoms with E-state index in [-0.39, 0.29) is 24.3 Å². The van der Waals surface area contributed by atoms with Crippen LogP contribution in [-0.4, -0.2) is 49.5 Å². The molecule has 1 heterocycles. The van der Waals surface area contributed by atoms with Crippen molar-refractivity contribution in [2.75, 3.05) is 32.8 Å². The van der Waals surface area contributed by atoms with Crippen LogP contribution < -0.4 is 15.8 Å². The van der Waals surface area contributed by atoms with Crippen LogP contribution in [0.4, 0.5) is 0 Å². The van der Waals surface area contributed by atoms with Crippen LogP contribution in [0.15, 0.2) is 28.7 Å². The molecule has 1 aliphatic rings. The Morgan fingerprint density at radius 3 is 2.78 bits per heavy atom. The molecule has 126 valence electrons. The number of halogens is 1. The Balaban J connectivity index is 1.81. The fourth-order valence-electron chi connectivity index (χ4n) is 2.52. The Labute approximate surface area is 144 Å². The third-order valence-electron chi connectivity index (χ3n) is 3.76. The number of hydrogen-bond donors (Lipinski definition) is 2. The van der Waals surface area contributed by atoms with Gasteiger partial charge in [0, 0.05) is 30.7 Å². The molecule has 7 heteroatoms. The van der Waals surface area contributed by atoms with E-state index in [1.165, 1.54) is 0 Å². The number of piperidine rings is 1. The second kappa shape index (κ2) is 8.88. The first-order chi connectivity index (χ1) is 11.1. The number of carbonyl (C=O) groups excluding carboxylic acids is 2. The highest BCUT2D eigenvalue weighted by molar-refractivity contribution is 9.10. The van der Waals surface area contributed by atoms with Gasteiger partial charge in [0.1, 0.15) is 5.75 Å². The maximum Gasteiger partial charge on any atom is 0.260 e. The van der Waals surface area contributed by atoms with E-state index >= 15 is 0 Å². The van der Waals surface area contributed by atoms with Gasteiger partial charge in [-0.25, -0.2) is 0 Å². The summed E-state index contributed by atoms with van der Waals surface area (Å²) in [5.41, 5.74) is 5.39. The Bertz CT molecular complexity index is 536. The molecule has 1 aliphatic heterocycles. The van der Waals surface area contributed by atoms with E-state index in [0.717, 1.165) is 17.3 Å². The van der Waals surface area contributed by atoms with Crippen molar-refractivity contribution in [2.45, 2.75) is 12.8 Å². The minimum absolute atomic E-state index is 0.0151. The lowest BCUT2D eigenvalue weighted by Gasteiger charge is -2.32. The minimum atomic E-state index is -0.160. The molecule has 6 nitrogen and oxygen atoms in total. The van der Waals surface area contributed by atoms with E-state index in [9.17, 15) is 9.59 Å². The molecule has 2 amide bonds. The number of nitrogens with two attached hydrogens (primary N) is 1. The average Bonchev–Trinajstić information content (AvgIpc) is 2.59. The SMILES string of the molecule is NCCNC(=O)C1CCCN(C(=O)COc2ccc(Br)cc2)C1. The van der Waals surface area contributed by atoms with Gasteiger partial charge in [0.15, 0.2) is 6.61 Å². The molecule has 1 aromatic carbocycles. The lowest BCUT2D eigenvalue weighted by molar-refractivity contribution is -0.137. The summed E-state index contributed by atoms with van der Waals surface area (Å²) in [7, 11) is 0. The van der Waals surface area contributed by atoms with Crippen molar-refractivity contribution >= 4 is 27.7 Å². The molecule has 1 fully saturated rings. The highest BCUT2D eigenvalue weighted by Gasteiger charge is 2.28. The number of amides is 2. The van der Waals surface area contributed by atoms with E-state index in [4.69, 9.17) is 10.5 Å². The molecule has 0 radical (unpaired) electrons. The second-order valence-electron chi connectivity index (χ2n) is 5.50. The summed E-state index contributed by atoms with van der Waals surface area (Å²) in [6.07, 6.45) is 1.62. The number of carbonyl (C=O) groups is 2. The molecule has 1 atom stereocenters. The third-order valence-corrected chi connectivity index (χ3v) is 4.29. The summed E-state index contributed by atoms with van der Waals surface area (Å²) in [4.78, 5) is 26.0. The van der Waals surface area contributed by atoms with Crippen LogP contribution in [-0.2, 0) is 9.59 Å². The van der Waals surface area contributed by atoms with Gasteiger partial charge in [0.05, 0.1) is 5.92 Å². The molecule has 0 spiro atoms. The molecule has 0 aliphatic carbocycles. The summed E-state index contributed by atoms with van der Waals surface area (Å²) in [6, 6.07) is 7.32. The number of benzene rings is 1. The number of ether oxygens (including phenoxy) is 1. The molecule has 1 unspecified atom stereocenters. The van der Waals surface area contributed by atoms with Crippen molar-refractivity contribution in [3.63, 3.8) is 0 Å². The van der Waals surface area contributed by atoms with Gasteiger partial charge < -0.3 is 20.7 Å². The number of rotatable bonds is 6. The summed E-state index contributed by atoms with van der Waals surface area (Å²) in [5.74, 6) is 0.369. The predicted molar refractivity (Wildman–Crippen MR) is 91.0 cm³/mol. The first-order valence-electron chi connectivity index (χ1n) is 7.74. The zero-order valence-electron chi connectivity index (χ0n) is 13.0.